The summed E-state index contributed by atoms with van der Waals surface area (Å²) >= 11 is 0. The maximum absolute atomic E-state index is 9.66. The molecule has 0 aromatic heterocycles. The molecule has 0 aromatic carbocycles. The highest BCUT2D eigenvalue weighted by molar-refractivity contribution is 7.10. The van der Waals surface area contributed by atoms with Crippen molar-refractivity contribution in [1.29, 1.82) is 0 Å². The average Bonchev–Trinajstić information content (AvgIpc) is 1.88. The summed E-state index contributed by atoms with van der Waals surface area (Å²) in [5.41, 5.74) is -0.953. The van der Waals surface area contributed by atoms with Gasteiger partial charge in [0.2, 0.25) is 0 Å². The van der Waals surface area contributed by atoms with E-state index in [1.807, 2.05) is 0 Å². The van der Waals surface area contributed by atoms with Crippen molar-refractivity contribution in [3.63, 3.8) is 0 Å². The van der Waals surface area contributed by atoms with Crippen LogP contribution in [0.3, 0.4) is 0 Å². The van der Waals surface area contributed by atoms with Gasteiger partial charge in [-0.1, -0.05) is 6.08 Å². The molecule has 11 heavy (non-hydrogen) atoms. The molecular weight excluding hydrogens is 182 g/mol. The van der Waals surface area contributed by atoms with Gasteiger partial charge >= 0.3 is 0 Å². The molecule has 0 bridgehead atoms. The van der Waals surface area contributed by atoms with Gasteiger partial charge in [-0.3, -0.25) is 0 Å². The van der Waals surface area contributed by atoms with Crippen molar-refractivity contribution in [2.45, 2.75) is 12.0 Å². The molecule has 0 aliphatic carbocycles. The molecule has 0 aliphatic heterocycles. The molecule has 0 amide bonds. The Morgan fingerprint density at radius 1 is 1.36 bits per heavy atom. The fourth-order valence-electron chi connectivity index (χ4n) is 0.738. The summed E-state index contributed by atoms with van der Waals surface area (Å²) in [6.45, 7) is 3.97. The minimum Gasteiger partial charge on any atom is -0.385 e. The molecule has 2 atom stereocenters. The maximum Gasteiger partial charge on any atom is 0.115 e. The van der Waals surface area contributed by atoms with Crippen molar-refractivity contribution >= 4 is 18.9 Å². The van der Waals surface area contributed by atoms with Crippen molar-refractivity contribution in [2.75, 3.05) is 13.2 Å². The Labute approximate surface area is 71.7 Å². The normalized spacial score (nSPS) is 11.5. The third kappa shape index (κ3) is 4.84. The molecule has 0 fully saturated rings. The summed E-state index contributed by atoms with van der Waals surface area (Å²) in [6, 6.07) is 0. The largest absolute Gasteiger partial charge is 0.385 e. The van der Waals surface area contributed by atoms with Crippen molar-refractivity contribution in [2.24, 2.45) is 0 Å². The molecule has 0 aliphatic rings. The van der Waals surface area contributed by atoms with Crippen LogP contribution in [0.2, 0.25) is 0 Å². The van der Waals surface area contributed by atoms with Gasteiger partial charge in [0.25, 0.3) is 0 Å². The number of aliphatic hydroxyl groups is 1. The SMILES string of the molecule is C=CCC(O)(COP)COP. The number of hydrogen-bond acceptors (Lipinski definition) is 3. The van der Waals surface area contributed by atoms with Crippen LogP contribution in [0.5, 0.6) is 0 Å². The van der Waals surface area contributed by atoms with Crippen LogP contribution in [0.25, 0.3) is 0 Å². The molecule has 0 spiro atoms. The third-order valence-corrected chi connectivity index (χ3v) is 1.56. The smallest absolute Gasteiger partial charge is 0.115 e. The second-order valence-corrected chi connectivity index (χ2v) is 3.01. The van der Waals surface area contributed by atoms with E-state index < -0.39 is 5.60 Å². The monoisotopic (exact) mass is 196 g/mol. The van der Waals surface area contributed by atoms with E-state index in [-0.39, 0.29) is 13.2 Å². The van der Waals surface area contributed by atoms with Crippen molar-refractivity contribution in [3.8, 4) is 0 Å². The Kier molecular flexibility index (Phi) is 6.31. The molecule has 3 nitrogen and oxygen atoms in total. The van der Waals surface area contributed by atoms with Crippen LogP contribution in [0.4, 0.5) is 0 Å². The molecule has 0 saturated heterocycles. The Hall–Kier alpha value is 0.480. The summed E-state index contributed by atoms with van der Waals surface area (Å²) in [5.74, 6) is 0. The predicted molar refractivity (Wildman–Crippen MR) is 51.1 cm³/mol. The zero-order valence-electron chi connectivity index (χ0n) is 6.32. The molecule has 0 aromatic rings. The molecule has 0 heterocycles. The minimum absolute atomic E-state index is 0.220. The van der Waals surface area contributed by atoms with Crippen LogP contribution in [0, 0.1) is 0 Å². The van der Waals surface area contributed by atoms with E-state index in [2.05, 4.69) is 25.5 Å². The summed E-state index contributed by atoms with van der Waals surface area (Å²) < 4.78 is 9.48. The lowest BCUT2D eigenvalue weighted by atomic mass is 10.0. The van der Waals surface area contributed by atoms with E-state index in [0.29, 0.717) is 6.42 Å². The van der Waals surface area contributed by atoms with E-state index >= 15 is 0 Å². The van der Waals surface area contributed by atoms with Gasteiger partial charge in [-0.05, 0) is 6.42 Å². The topological polar surface area (TPSA) is 38.7 Å². The standard InChI is InChI=1S/C6H14O3P2/c1-2-3-6(7,4-8-10)5-9-11/h2,7H,1,3-5,10-11H2. The van der Waals surface area contributed by atoms with Gasteiger partial charge in [0.15, 0.2) is 0 Å². The van der Waals surface area contributed by atoms with Gasteiger partial charge in [0.05, 0.1) is 13.2 Å². The van der Waals surface area contributed by atoms with Crippen LogP contribution in [-0.2, 0) is 9.05 Å². The van der Waals surface area contributed by atoms with Crippen LogP contribution in [0.1, 0.15) is 6.42 Å². The highest BCUT2D eigenvalue weighted by atomic mass is 31.0. The van der Waals surface area contributed by atoms with Crippen LogP contribution >= 0.6 is 18.9 Å². The zero-order chi connectivity index (χ0) is 8.74. The molecule has 2 unspecified atom stereocenters. The lowest BCUT2D eigenvalue weighted by Gasteiger charge is -2.24. The lowest BCUT2D eigenvalue weighted by Crippen LogP contribution is -2.37. The van der Waals surface area contributed by atoms with Gasteiger partial charge in [-0.15, -0.1) is 6.58 Å². The summed E-state index contributed by atoms with van der Waals surface area (Å²) in [7, 11) is 4.17. The first-order valence-electron chi connectivity index (χ1n) is 3.15. The quantitative estimate of drug-likeness (QED) is 0.506. The van der Waals surface area contributed by atoms with Gasteiger partial charge in [-0.2, -0.15) is 0 Å². The van der Waals surface area contributed by atoms with Crippen molar-refractivity contribution < 1.29 is 14.2 Å². The predicted octanol–water partition coefficient (Wildman–Crippen LogP) is 0.907. The molecule has 66 valence electrons. The molecular formula is C6H14O3P2. The summed E-state index contributed by atoms with van der Waals surface area (Å²) in [5, 5.41) is 9.66. The number of hydrogen-bond donors (Lipinski definition) is 1. The van der Waals surface area contributed by atoms with E-state index in [0.717, 1.165) is 0 Å². The average molecular weight is 196 g/mol. The summed E-state index contributed by atoms with van der Waals surface area (Å²) in [6.07, 6.45) is 2.09. The van der Waals surface area contributed by atoms with Gasteiger partial charge in [0.1, 0.15) is 5.60 Å². The fourth-order valence-corrected chi connectivity index (χ4v) is 1.36. The maximum atomic E-state index is 9.66. The fraction of sp³-hybridized carbons (Fsp3) is 0.667. The molecule has 1 N–H and O–H groups in total. The minimum atomic E-state index is -0.953. The van der Waals surface area contributed by atoms with Gasteiger partial charge in [-0.25, -0.2) is 0 Å². The van der Waals surface area contributed by atoms with Crippen LogP contribution in [0.15, 0.2) is 12.7 Å². The van der Waals surface area contributed by atoms with Crippen LogP contribution < -0.4 is 0 Å². The van der Waals surface area contributed by atoms with Gasteiger partial charge in [0, 0.05) is 18.9 Å². The first-order chi connectivity index (χ1) is 5.18. The third-order valence-electron chi connectivity index (χ3n) is 1.23. The highest BCUT2D eigenvalue weighted by Crippen LogP contribution is 2.14. The first-order valence-corrected chi connectivity index (χ1v) is 4.09. The Morgan fingerprint density at radius 2 is 1.82 bits per heavy atom. The van der Waals surface area contributed by atoms with Crippen LogP contribution in [-0.4, -0.2) is 23.9 Å². The second kappa shape index (κ2) is 6.05. The summed E-state index contributed by atoms with van der Waals surface area (Å²) in [4.78, 5) is 0. The van der Waals surface area contributed by atoms with E-state index in [9.17, 15) is 5.11 Å². The highest BCUT2D eigenvalue weighted by Gasteiger charge is 2.25. The van der Waals surface area contributed by atoms with Gasteiger partial charge < -0.3 is 14.2 Å². The lowest BCUT2D eigenvalue weighted by molar-refractivity contribution is -0.0285. The van der Waals surface area contributed by atoms with E-state index in [1.54, 1.807) is 6.08 Å². The first kappa shape index (κ1) is 11.5. The molecule has 0 saturated carbocycles. The van der Waals surface area contributed by atoms with E-state index in [4.69, 9.17) is 9.05 Å². The van der Waals surface area contributed by atoms with Crippen molar-refractivity contribution in [1.82, 2.24) is 0 Å². The molecule has 5 heteroatoms. The molecule has 0 rings (SSSR count). The zero-order valence-corrected chi connectivity index (χ0v) is 8.63. The Morgan fingerprint density at radius 3 is 2.09 bits per heavy atom. The Balaban J connectivity index is 3.88. The van der Waals surface area contributed by atoms with Crippen molar-refractivity contribution in [3.05, 3.63) is 12.7 Å². The van der Waals surface area contributed by atoms with E-state index in [1.165, 1.54) is 0 Å². The second-order valence-electron chi connectivity index (χ2n) is 2.34. The number of rotatable bonds is 6. The Bertz CT molecular complexity index is 112. The molecule has 0 radical (unpaired) electrons.